The molecule has 0 radical (unpaired) electrons. The first-order valence-corrected chi connectivity index (χ1v) is 6.61. The van der Waals surface area contributed by atoms with E-state index in [9.17, 15) is 0 Å². The van der Waals surface area contributed by atoms with Crippen LogP contribution in [0.2, 0.25) is 0 Å². The van der Waals surface area contributed by atoms with E-state index in [2.05, 4.69) is 12.2 Å². The molecular formula is C15H18N2OS. The number of anilines is 1. The largest absolute Gasteiger partial charge is 0.464 e. The summed E-state index contributed by atoms with van der Waals surface area (Å²) in [5, 5.41) is 3.40. The molecule has 0 spiro atoms. The first kappa shape index (κ1) is 13.6. The van der Waals surface area contributed by atoms with Crippen LogP contribution in [0.3, 0.4) is 0 Å². The fourth-order valence-corrected chi connectivity index (χ4v) is 2.27. The van der Waals surface area contributed by atoms with Gasteiger partial charge in [-0.1, -0.05) is 12.2 Å². The van der Waals surface area contributed by atoms with Crippen molar-refractivity contribution in [3.05, 3.63) is 53.0 Å². The molecule has 0 aliphatic rings. The van der Waals surface area contributed by atoms with E-state index in [0.29, 0.717) is 4.99 Å². The third kappa shape index (κ3) is 3.15. The Morgan fingerprint density at radius 2 is 2.00 bits per heavy atom. The Balaban J connectivity index is 2.15. The molecule has 2 aromatic rings. The topological polar surface area (TPSA) is 51.2 Å². The van der Waals surface area contributed by atoms with Crippen molar-refractivity contribution in [2.24, 2.45) is 5.73 Å². The maximum absolute atomic E-state index is 5.66. The predicted molar refractivity (Wildman–Crippen MR) is 82.5 cm³/mol. The van der Waals surface area contributed by atoms with Gasteiger partial charge in [0.1, 0.15) is 16.5 Å². The van der Waals surface area contributed by atoms with Crippen molar-refractivity contribution in [2.75, 3.05) is 5.32 Å². The van der Waals surface area contributed by atoms with Gasteiger partial charge < -0.3 is 15.5 Å². The number of thiocarbonyl (C=S) groups is 1. The van der Waals surface area contributed by atoms with Crippen molar-refractivity contribution in [3.8, 4) is 0 Å². The molecule has 1 unspecified atom stereocenters. The Hall–Kier alpha value is -1.81. The Kier molecular flexibility index (Phi) is 3.90. The SMILES string of the molecule is Cc1ccc(C(C)Nc2ccc(C(N)=S)c(C)c2)o1. The number of rotatable bonds is 4. The molecule has 0 aliphatic carbocycles. The van der Waals surface area contributed by atoms with E-state index in [-0.39, 0.29) is 6.04 Å². The molecule has 4 heteroatoms. The van der Waals surface area contributed by atoms with Crippen LogP contribution in [-0.4, -0.2) is 4.99 Å². The molecule has 0 bridgehead atoms. The second-order valence-electron chi connectivity index (χ2n) is 4.71. The van der Waals surface area contributed by atoms with Crippen LogP contribution in [0.1, 0.15) is 35.6 Å². The van der Waals surface area contributed by atoms with Gasteiger partial charge in [-0.25, -0.2) is 0 Å². The van der Waals surface area contributed by atoms with Gasteiger partial charge in [0.15, 0.2) is 0 Å². The van der Waals surface area contributed by atoms with E-state index in [0.717, 1.165) is 28.3 Å². The highest BCUT2D eigenvalue weighted by Crippen LogP contribution is 2.22. The smallest absolute Gasteiger partial charge is 0.126 e. The van der Waals surface area contributed by atoms with Gasteiger partial charge in [0.2, 0.25) is 0 Å². The van der Waals surface area contributed by atoms with Crippen molar-refractivity contribution in [3.63, 3.8) is 0 Å². The number of hydrogen-bond acceptors (Lipinski definition) is 3. The molecule has 2 rings (SSSR count). The van der Waals surface area contributed by atoms with E-state index in [1.807, 2.05) is 44.2 Å². The second kappa shape index (κ2) is 5.45. The lowest BCUT2D eigenvalue weighted by molar-refractivity contribution is 0.467. The number of aryl methyl sites for hydroxylation is 2. The third-order valence-electron chi connectivity index (χ3n) is 3.06. The maximum atomic E-state index is 5.66. The molecule has 0 amide bonds. The van der Waals surface area contributed by atoms with Crippen LogP contribution in [0.5, 0.6) is 0 Å². The predicted octanol–water partition coefficient (Wildman–Crippen LogP) is 3.70. The van der Waals surface area contributed by atoms with Crippen LogP contribution >= 0.6 is 12.2 Å². The molecule has 1 aromatic heterocycles. The third-order valence-corrected chi connectivity index (χ3v) is 3.28. The van der Waals surface area contributed by atoms with Crippen molar-refractivity contribution in [1.82, 2.24) is 0 Å². The second-order valence-corrected chi connectivity index (χ2v) is 5.15. The highest BCUT2D eigenvalue weighted by molar-refractivity contribution is 7.80. The van der Waals surface area contributed by atoms with E-state index in [1.165, 1.54) is 0 Å². The van der Waals surface area contributed by atoms with Crippen LogP contribution < -0.4 is 11.1 Å². The zero-order chi connectivity index (χ0) is 14.0. The lowest BCUT2D eigenvalue weighted by Crippen LogP contribution is -2.12. The lowest BCUT2D eigenvalue weighted by atomic mass is 10.1. The lowest BCUT2D eigenvalue weighted by Gasteiger charge is -2.14. The molecule has 3 nitrogen and oxygen atoms in total. The summed E-state index contributed by atoms with van der Waals surface area (Å²) in [4.78, 5) is 0.429. The molecule has 3 N–H and O–H groups in total. The average Bonchev–Trinajstić information content (AvgIpc) is 2.75. The summed E-state index contributed by atoms with van der Waals surface area (Å²) in [6.07, 6.45) is 0. The Bertz CT molecular complexity index is 604. The first-order valence-electron chi connectivity index (χ1n) is 6.20. The van der Waals surface area contributed by atoms with Gasteiger partial charge in [-0.05, 0) is 56.7 Å². The molecule has 1 heterocycles. The fraction of sp³-hybridized carbons (Fsp3) is 0.267. The summed E-state index contributed by atoms with van der Waals surface area (Å²) in [5.74, 6) is 1.84. The molecule has 0 saturated heterocycles. The van der Waals surface area contributed by atoms with Crippen LogP contribution in [-0.2, 0) is 0 Å². The zero-order valence-corrected chi connectivity index (χ0v) is 12.2. The van der Waals surface area contributed by atoms with Gasteiger partial charge in [0, 0.05) is 11.3 Å². The standard InChI is InChI=1S/C15H18N2OS/c1-9-8-12(5-6-13(9)15(16)19)17-11(3)14-7-4-10(2)18-14/h4-8,11,17H,1-3H3,(H2,16,19). The molecule has 1 atom stereocenters. The summed E-state index contributed by atoms with van der Waals surface area (Å²) in [5.41, 5.74) is 8.67. The number of benzene rings is 1. The van der Waals surface area contributed by atoms with E-state index in [4.69, 9.17) is 22.4 Å². The summed E-state index contributed by atoms with van der Waals surface area (Å²) in [6.45, 7) is 6.01. The number of nitrogens with one attached hydrogen (secondary N) is 1. The molecule has 1 aromatic carbocycles. The summed E-state index contributed by atoms with van der Waals surface area (Å²) in [6, 6.07) is 10.0. The Morgan fingerprint density at radius 1 is 1.26 bits per heavy atom. The molecule has 19 heavy (non-hydrogen) atoms. The molecule has 0 fully saturated rings. The number of hydrogen-bond donors (Lipinski definition) is 2. The van der Waals surface area contributed by atoms with Gasteiger partial charge in [-0.3, -0.25) is 0 Å². The van der Waals surface area contributed by atoms with Crippen LogP contribution in [0, 0.1) is 13.8 Å². The quantitative estimate of drug-likeness (QED) is 0.835. The van der Waals surface area contributed by atoms with E-state index < -0.39 is 0 Å². The fourth-order valence-electron chi connectivity index (χ4n) is 2.04. The Labute approximate surface area is 118 Å². The minimum Gasteiger partial charge on any atom is -0.464 e. The van der Waals surface area contributed by atoms with Crippen molar-refractivity contribution in [2.45, 2.75) is 26.8 Å². The highest BCUT2D eigenvalue weighted by atomic mass is 32.1. The van der Waals surface area contributed by atoms with Crippen LogP contribution in [0.4, 0.5) is 5.69 Å². The molecule has 0 aliphatic heterocycles. The van der Waals surface area contributed by atoms with Crippen LogP contribution in [0.15, 0.2) is 34.7 Å². The van der Waals surface area contributed by atoms with E-state index >= 15 is 0 Å². The van der Waals surface area contributed by atoms with Gasteiger partial charge in [0.05, 0.1) is 6.04 Å². The van der Waals surface area contributed by atoms with Gasteiger partial charge in [-0.15, -0.1) is 0 Å². The van der Waals surface area contributed by atoms with Crippen molar-refractivity contribution >= 4 is 22.9 Å². The molecule has 0 saturated carbocycles. The monoisotopic (exact) mass is 274 g/mol. The van der Waals surface area contributed by atoms with E-state index in [1.54, 1.807) is 0 Å². The average molecular weight is 274 g/mol. The molecular weight excluding hydrogens is 256 g/mol. The van der Waals surface area contributed by atoms with Gasteiger partial charge in [-0.2, -0.15) is 0 Å². The minimum absolute atomic E-state index is 0.115. The molecule has 100 valence electrons. The Morgan fingerprint density at radius 3 is 2.53 bits per heavy atom. The maximum Gasteiger partial charge on any atom is 0.126 e. The normalized spacial score (nSPS) is 12.2. The summed E-state index contributed by atoms with van der Waals surface area (Å²) >= 11 is 5.00. The van der Waals surface area contributed by atoms with Crippen molar-refractivity contribution in [1.29, 1.82) is 0 Å². The van der Waals surface area contributed by atoms with Gasteiger partial charge in [0.25, 0.3) is 0 Å². The van der Waals surface area contributed by atoms with Crippen LogP contribution in [0.25, 0.3) is 0 Å². The number of nitrogens with two attached hydrogens (primary N) is 1. The first-order chi connectivity index (χ1) is 8.97. The zero-order valence-electron chi connectivity index (χ0n) is 11.4. The van der Waals surface area contributed by atoms with Gasteiger partial charge >= 0.3 is 0 Å². The van der Waals surface area contributed by atoms with Crippen molar-refractivity contribution < 1.29 is 4.42 Å². The summed E-state index contributed by atoms with van der Waals surface area (Å²) in [7, 11) is 0. The number of furan rings is 1. The summed E-state index contributed by atoms with van der Waals surface area (Å²) < 4.78 is 5.61. The minimum atomic E-state index is 0.115. The highest BCUT2D eigenvalue weighted by Gasteiger charge is 2.10.